The fourth-order valence-corrected chi connectivity index (χ4v) is 1.82. The van der Waals surface area contributed by atoms with Crippen molar-refractivity contribution in [2.24, 2.45) is 0 Å². The highest BCUT2D eigenvalue weighted by atomic mass is 19.4. The molecule has 0 aromatic heterocycles. The lowest BCUT2D eigenvalue weighted by Crippen LogP contribution is -2.03. The van der Waals surface area contributed by atoms with E-state index in [0.717, 1.165) is 23.3 Å². The van der Waals surface area contributed by atoms with E-state index in [2.05, 4.69) is 6.07 Å². The van der Waals surface area contributed by atoms with Gasteiger partial charge in [0.2, 0.25) is 0 Å². The van der Waals surface area contributed by atoms with Crippen LogP contribution in [0.2, 0.25) is 0 Å². The van der Waals surface area contributed by atoms with Crippen molar-refractivity contribution in [3.05, 3.63) is 59.2 Å². The van der Waals surface area contributed by atoms with Gasteiger partial charge in [0.05, 0.1) is 17.2 Å². The normalized spacial score (nSPS) is 11.1. The lowest BCUT2D eigenvalue weighted by atomic mass is 9.99. The fourth-order valence-electron chi connectivity index (χ4n) is 1.82. The van der Waals surface area contributed by atoms with Gasteiger partial charge in [0.15, 0.2) is 0 Å². The minimum atomic E-state index is -4.32. The Bertz CT molecular complexity index is 634. The summed E-state index contributed by atoms with van der Waals surface area (Å²) in [6, 6.07) is 12.2. The van der Waals surface area contributed by atoms with Crippen molar-refractivity contribution in [1.82, 2.24) is 0 Å². The fraction of sp³-hybridized carbons (Fsp3) is 0.133. The van der Waals surface area contributed by atoms with Crippen LogP contribution in [0.4, 0.5) is 13.2 Å². The van der Waals surface area contributed by atoms with Crippen LogP contribution in [0.15, 0.2) is 42.5 Å². The molecular formula is C15H10F3N. The summed E-state index contributed by atoms with van der Waals surface area (Å²) in [5.74, 6) is 0. The topological polar surface area (TPSA) is 23.8 Å². The van der Waals surface area contributed by atoms with E-state index < -0.39 is 11.7 Å². The molecule has 2 rings (SSSR count). The quantitative estimate of drug-likeness (QED) is 0.738. The van der Waals surface area contributed by atoms with Crippen molar-refractivity contribution in [3.8, 4) is 17.2 Å². The molecule has 0 amide bonds. The maximum atomic E-state index is 12.4. The summed E-state index contributed by atoms with van der Waals surface area (Å²) in [4.78, 5) is 0. The highest BCUT2D eigenvalue weighted by molar-refractivity contribution is 5.66. The molecule has 0 N–H and O–H groups in total. The standard InChI is InChI=1S/C15H10F3N/c1-10-8-12(2-3-13(10)9-19)11-4-6-14(7-5-11)15(16,17)18/h2-8H,1H3. The number of halogens is 3. The van der Waals surface area contributed by atoms with Crippen LogP contribution in [-0.4, -0.2) is 0 Å². The SMILES string of the molecule is Cc1cc(-c2ccc(C(F)(F)F)cc2)ccc1C#N. The Balaban J connectivity index is 2.38. The summed E-state index contributed by atoms with van der Waals surface area (Å²) in [5, 5.41) is 8.83. The van der Waals surface area contributed by atoms with Crippen LogP contribution in [0.5, 0.6) is 0 Å². The third-order valence-corrected chi connectivity index (χ3v) is 2.89. The molecule has 2 aromatic rings. The number of hydrogen-bond acceptors (Lipinski definition) is 1. The molecule has 0 aliphatic carbocycles. The van der Waals surface area contributed by atoms with Crippen LogP contribution in [0.1, 0.15) is 16.7 Å². The molecule has 2 aromatic carbocycles. The molecule has 4 heteroatoms. The van der Waals surface area contributed by atoms with Crippen molar-refractivity contribution < 1.29 is 13.2 Å². The summed E-state index contributed by atoms with van der Waals surface area (Å²) >= 11 is 0. The average molecular weight is 261 g/mol. The molecule has 0 radical (unpaired) electrons. The van der Waals surface area contributed by atoms with E-state index in [1.807, 2.05) is 0 Å². The number of nitriles is 1. The first-order chi connectivity index (χ1) is 8.91. The molecule has 19 heavy (non-hydrogen) atoms. The summed E-state index contributed by atoms with van der Waals surface area (Å²) < 4.78 is 37.3. The number of aryl methyl sites for hydroxylation is 1. The molecule has 0 aliphatic heterocycles. The first kappa shape index (κ1) is 13.2. The molecule has 0 fully saturated rings. The summed E-state index contributed by atoms with van der Waals surface area (Å²) in [6.07, 6.45) is -4.32. The van der Waals surface area contributed by atoms with E-state index in [1.165, 1.54) is 12.1 Å². The maximum Gasteiger partial charge on any atom is 0.416 e. The lowest BCUT2D eigenvalue weighted by molar-refractivity contribution is -0.137. The molecule has 0 unspecified atom stereocenters. The third-order valence-electron chi connectivity index (χ3n) is 2.89. The van der Waals surface area contributed by atoms with E-state index in [9.17, 15) is 13.2 Å². The number of benzene rings is 2. The minimum Gasteiger partial charge on any atom is -0.192 e. The zero-order valence-corrected chi connectivity index (χ0v) is 10.1. The van der Waals surface area contributed by atoms with Crippen LogP contribution in [0, 0.1) is 18.3 Å². The summed E-state index contributed by atoms with van der Waals surface area (Å²) in [7, 11) is 0. The number of alkyl halides is 3. The van der Waals surface area contributed by atoms with E-state index in [0.29, 0.717) is 11.1 Å². The Hall–Kier alpha value is -2.28. The van der Waals surface area contributed by atoms with Crippen LogP contribution >= 0.6 is 0 Å². The van der Waals surface area contributed by atoms with Crippen molar-refractivity contribution in [2.75, 3.05) is 0 Å². The van der Waals surface area contributed by atoms with Crippen molar-refractivity contribution in [1.29, 1.82) is 5.26 Å². The van der Waals surface area contributed by atoms with E-state index in [1.54, 1.807) is 25.1 Å². The van der Waals surface area contributed by atoms with Gasteiger partial charge in [-0.2, -0.15) is 18.4 Å². The van der Waals surface area contributed by atoms with Gasteiger partial charge in [0.25, 0.3) is 0 Å². The maximum absolute atomic E-state index is 12.4. The van der Waals surface area contributed by atoms with E-state index >= 15 is 0 Å². The first-order valence-corrected chi connectivity index (χ1v) is 5.60. The molecule has 96 valence electrons. The summed E-state index contributed by atoms with van der Waals surface area (Å²) in [6.45, 7) is 1.80. The second-order valence-corrected chi connectivity index (χ2v) is 4.22. The minimum absolute atomic E-state index is 0.565. The predicted molar refractivity (Wildman–Crippen MR) is 66.3 cm³/mol. The van der Waals surface area contributed by atoms with Gasteiger partial charge in [0.1, 0.15) is 0 Å². The zero-order chi connectivity index (χ0) is 14.0. The molecule has 0 spiro atoms. The van der Waals surface area contributed by atoms with Crippen LogP contribution in [-0.2, 0) is 6.18 Å². The molecule has 0 aliphatic rings. The van der Waals surface area contributed by atoms with Crippen molar-refractivity contribution in [2.45, 2.75) is 13.1 Å². The summed E-state index contributed by atoms with van der Waals surface area (Å²) in [5.41, 5.74) is 2.20. The largest absolute Gasteiger partial charge is 0.416 e. The Labute approximate surface area is 108 Å². The number of nitrogens with zero attached hydrogens (tertiary/aromatic N) is 1. The van der Waals surface area contributed by atoms with Crippen LogP contribution in [0.3, 0.4) is 0 Å². The van der Waals surface area contributed by atoms with Gasteiger partial charge < -0.3 is 0 Å². The van der Waals surface area contributed by atoms with Gasteiger partial charge in [-0.25, -0.2) is 0 Å². The molecule has 0 saturated carbocycles. The lowest BCUT2D eigenvalue weighted by Gasteiger charge is -2.08. The van der Waals surface area contributed by atoms with E-state index in [4.69, 9.17) is 5.26 Å². The Morgan fingerprint density at radius 1 is 0.947 bits per heavy atom. The molecule has 0 bridgehead atoms. The smallest absolute Gasteiger partial charge is 0.192 e. The average Bonchev–Trinajstić information content (AvgIpc) is 2.38. The molecule has 0 atom stereocenters. The molecule has 0 saturated heterocycles. The predicted octanol–water partition coefficient (Wildman–Crippen LogP) is 4.55. The second-order valence-electron chi connectivity index (χ2n) is 4.22. The second kappa shape index (κ2) is 4.77. The highest BCUT2D eigenvalue weighted by Crippen LogP contribution is 2.31. The van der Waals surface area contributed by atoms with E-state index in [-0.39, 0.29) is 0 Å². The Kier molecular flexibility index (Phi) is 3.30. The van der Waals surface area contributed by atoms with Gasteiger partial charge in [-0.1, -0.05) is 24.3 Å². The number of hydrogen-bond donors (Lipinski definition) is 0. The van der Waals surface area contributed by atoms with Gasteiger partial charge >= 0.3 is 6.18 Å². The van der Waals surface area contributed by atoms with Gasteiger partial charge in [-0.05, 0) is 41.8 Å². The van der Waals surface area contributed by atoms with Crippen molar-refractivity contribution >= 4 is 0 Å². The molecule has 0 heterocycles. The Morgan fingerprint density at radius 3 is 2.00 bits per heavy atom. The first-order valence-electron chi connectivity index (χ1n) is 5.60. The van der Waals surface area contributed by atoms with Crippen molar-refractivity contribution in [3.63, 3.8) is 0 Å². The third kappa shape index (κ3) is 2.76. The van der Waals surface area contributed by atoms with Crippen LogP contribution < -0.4 is 0 Å². The molecular weight excluding hydrogens is 251 g/mol. The van der Waals surface area contributed by atoms with Gasteiger partial charge in [0, 0.05) is 0 Å². The highest BCUT2D eigenvalue weighted by Gasteiger charge is 2.29. The zero-order valence-electron chi connectivity index (χ0n) is 10.1. The van der Waals surface area contributed by atoms with Gasteiger partial charge in [-0.3, -0.25) is 0 Å². The monoisotopic (exact) mass is 261 g/mol. The number of rotatable bonds is 1. The Morgan fingerprint density at radius 2 is 1.53 bits per heavy atom. The van der Waals surface area contributed by atoms with Crippen LogP contribution in [0.25, 0.3) is 11.1 Å². The van der Waals surface area contributed by atoms with Gasteiger partial charge in [-0.15, -0.1) is 0 Å². The molecule has 1 nitrogen and oxygen atoms in total.